The van der Waals surface area contributed by atoms with Crippen LogP contribution in [0.15, 0.2) is 17.8 Å². The Labute approximate surface area is 106 Å². The second kappa shape index (κ2) is 5.56. The monoisotopic (exact) mass is 268 g/mol. The van der Waals surface area contributed by atoms with E-state index < -0.39 is 12.0 Å². The second-order valence-electron chi connectivity index (χ2n) is 3.49. The third-order valence-electron chi connectivity index (χ3n) is 2.20. The van der Waals surface area contributed by atoms with Crippen LogP contribution >= 0.6 is 11.3 Å². The van der Waals surface area contributed by atoms with E-state index in [4.69, 9.17) is 10.8 Å². The van der Waals surface area contributed by atoms with Crippen molar-refractivity contribution in [3.8, 4) is 0 Å². The van der Waals surface area contributed by atoms with E-state index in [1.807, 2.05) is 0 Å². The van der Waals surface area contributed by atoms with Gasteiger partial charge in [0.2, 0.25) is 0 Å². The molecule has 0 saturated carbocycles. The van der Waals surface area contributed by atoms with Crippen molar-refractivity contribution >= 4 is 22.4 Å². The average Bonchev–Trinajstić information content (AvgIpc) is 2.99. The van der Waals surface area contributed by atoms with Crippen LogP contribution in [-0.4, -0.2) is 37.6 Å². The summed E-state index contributed by atoms with van der Waals surface area (Å²) in [6.07, 6.45) is 3.36. The van der Waals surface area contributed by atoms with E-state index in [1.54, 1.807) is 22.5 Å². The fourth-order valence-corrected chi connectivity index (χ4v) is 2.04. The number of thiazole rings is 1. The molecule has 4 N–H and O–H groups in total. The predicted octanol–water partition coefficient (Wildman–Crippen LogP) is -0.0689. The molecule has 2 heterocycles. The minimum atomic E-state index is -1.09. The van der Waals surface area contributed by atoms with Gasteiger partial charge in [0.05, 0.1) is 18.4 Å². The quantitative estimate of drug-likeness (QED) is 0.671. The van der Waals surface area contributed by atoms with E-state index in [0.29, 0.717) is 23.9 Å². The highest BCUT2D eigenvalue weighted by Gasteiger charge is 2.17. The van der Waals surface area contributed by atoms with Gasteiger partial charge in [0.15, 0.2) is 5.13 Å². The van der Waals surface area contributed by atoms with Gasteiger partial charge in [-0.3, -0.25) is 9.48 Å². The number of carboxylic acids is 1. The number of aromatic nitrogens is 4. The summed E-state index contributed by atoms with van der Waals surface area (Å²) in [5, 5.41) is 21.6. The number of nitrogens with two attached hydrogens (primary N) is 1. The van der Waals surface area contributed by atoms with E-state index >= 15 is 0 Å². The number of hydrogen-bond donors (Lipinski definition) is 3. The first-order valence-electron chi connectivity index (χ1n) is 5.18. The Kier molecular flexibility index (Phi) is 3.85. The van der Waals surface area contributed by atoms with Gasteiger partial charge in [-0.25, -0.2) is 4.98 Å². The molecular formula is C9H12N6O2S. The number of nitrogens with one attached hydrogen (secondary N) is 1. The van der Waals surface area contributed by atoms with Gasteiger partial charge in [0, 0.05) is 18.1 Å². The van der Waals surface area contributed by atoms with Gasteiger partial charge in [-0.2, -0.15) is 0 Å². The molecule has 0 aliphatic carbocycles. The van der Waals surface area contributed by atoms with Crippen LogP contribution in [0, 0.1) is 0 Å². The normalized spacial score (nSPS) is 12.3. The molecule has 8 nitrogen and oxygen atoms in total. The maximum Gasteiger partial charge on any atom is 0.326 e. The molecule has 2 rings (SSSR count). The zero-order valence-corrected chi connectivity index (χ0v) is 10.2. The van der Waals surface area contributed by atoms with Crippen LogP contribution in [0.2, 0.25) is 0 Å². The van der Waals surface area contributed by atoms with Crippen LogP contribution in [0.4, 0.5) is 5.13 Å². The van der Waals surface area contributed by atoms with E-state index in [1.165, 1.54) is 11.3 Å². The largest absolute Gasteiger partial charge is 0.480 e. The molecule has 2 aromatic heterocycles. The summed E-state index contributed by atoms with van der Waals surface area (Å²) >= 11 is 1.32. The summed E-state index contributed by atoms with van der Waals surface area (Å²) in [7, 11) is 0. The minimum Gasteiger partial charge on any atom is -0.480 e. The molecule has 0 bridgehead atoms. The first-order chi connectivity index (χ1) is 8.66. The highest BCUT2D eigenvalue weighted by molar-refractivity contribution is 7.13. The SMILES string of the molecule is NC(C(=O)O)c1csc(NCCn2ccnn2)n1. The molecule has 1 unspecified atom stereocenters. The first-order valence-corrected chi connectivity index (χ1v) is 6.06. The van der Waals surface area contributed by atoms with E-state index in [9.17, 15) is 4.79 Å². The summed E-state index contributed by atoms with van der Waals surface area (Å²) in [6, 6.07) is -1.08. The molecule has 18 heavy (non-hydrogen) atoms. The van der Waals surface area contributed by atoms with Gasteiger partial charge >= 0.3 is 5.97 Å². The van der Waals surface area contributed by atoms with Crippen molar-refractivity contribution in [2.75, 3.05) is 11.9 Å². The van der Waals surface area contributed by atoms with Crippen molar-refractivity contribution in [1.29, 1.82) is 0 Å². The number of carbonyl (C=O) groups is 1. The highest BCUT2D eigenvalue weighted by atomic mass is 32.1. The Morgan fingerprint density at radius 3 is 3.17 bits per heavy atom. The molecule has 0 radical (unpaired) electrons. The Morgan fingerprint density at radius 1 is 1.67 bits per heavy atom. The second-order valence-corrected chi connectivity index (χ2v) is 4.34. The first kappa shape index (κ1) is 12.5. The number of anilines is 1. The number of carboxylic acid groups (broad SMARTS) is 1. The summed E-state index contributed by atoms with van der Waals surface area (Å²) < 4.78 is 1.69. The van der Waals surface area contributed by atoms with E-state index in [2.05, 4.69) is 20.6 Å². The van der Waals surface area contributed by atoms with Crippen LogP contribution < -0.4 is 11.1 Å². The Balaban J connectivity index is 1.85. The standard InChI is InChI=1S/C9H12N6O2S/c10-7(8(16)17)6-5-18-9(13-6)11-1-3-15-4-2-12-14-15/h2,4-5,7H,1,3,10H2,(H,11,13)(H,16,17). The van der Waals surface area contributed by atoms with Crippen LogP contribution in [0.25, 0.3) is 0 Å². The van der Waals surface area contributed by atoms with Crippen molar-refractivity contribution in [2.24, 2.45) is 5.73 Å². The lowest BCUT2D eigenvalue weighted by molar-refractivity contribution is -0.138. The third kappa shape index (κ3) is 3.02. The summed E-state index contributed by atoms with van der Waals surface area (Å²) in [5.41, 5.74) is 5.81. The van der Waals surface area contributed by atoms with Crippen molar-refractivity contribution in [3.05, 3.63) is 23.5 Å². The maximum atomic E-state index is 10.7. The van der Waals surface area contributed by atoms with Gasteiger partial charge in [0.1, 0.15) is 6.04 Å². The van der Waals surface area contributed by atoms with Gasteiger partial charge in [0.25, 0.3) is 0 Å². The maximum absolute atomic E-state index is 10.7. The molecule has 0 aromatic carbocycles. The van der Waals surface area contributed by atoms with Gasteiger partial charge in [-0.05, 0) is 0 Å². The highest BCUT2D eigenvalue weighted by Crippen LogP contribution is 2.19. The Bertz CT molecular complexity index is 511. The summed E-state index contributed by atoms with van der Waals surface area (Å²) in [4.78, 5) is 14.8. The molecule has 0 aliphatic rings. The van der Waals surface area contributed by atoms with Gasteiger partial charge < -0.3 is 16.2 Å². The number of hydrogen-bond acceptors (Lipinski definition) is 7. The predicted molar refractivity (Wildman–Crippen MR) is 65.2 cm³/mol. The lowest BCUT2D eigenvalue weighted by atomic mass is 10.2. The molecular weight excluding hydrogens is 256 g/mol. The van der Waals surface area contributed by atoms with Crippen molar-refractivity contribution in [3.63, 3.8) is 0 Å². The molecule has 0 spiro atoms. The van der Waals surface area contributed by atoms with Crippen molar-refractivity contribution < 1.29 is 9.90 Å². The van der Waals surface area contributed by atoms with Crippen LogP contribution in [0.3, 0.4) is 0 Å². The molecule has 0 fully saturated rings. The van der Waals surface area contributed by atoms with Gasteiger partial charge in [-0.15, -0.1) is 16.4 Å². The van der Waals surface area contributed by atoms with Crippen molar-refractivity contribution in [1.82, 2.24) is 20.0 Å². The lowest BCUT2D eigenvalue weighted by Crippen LogP contribution is -2.21. The molecule has 2 aromatic rings. The summed E-state index contributed by atoms with van der Waals surface area (Å²) in [6.45, 7) is 1.28. The molecule has 0 saturated heterocycles. The molecule has 9 heteroatoms. The van der Waals surface area contributed by atoms with Crippen LogP contribution in [0.5, 0.6) is 0 Å². The fourth-order valence-electron chi connectivity index (χ4n) is 1.27. The van der Waals surface area contributed by atoms with Crippen molar-refractivity contribution in [2.45, 2.75) is 12.6 Å². The average molecular weight is 268 g/mol. The molecule has 0 aliphatic heterocycles. The van der Waals surface area contributed by atoms with Crippen LogP contribution in [-0.2, 0) is 11.3 Å². The number of nitrogens with zero attached hydrogens (tertiary/aromatic N) is 4. The Hall–Kier alpha value is -2.00. The Morgan fingerprint density at radius 2 is 2.50 bits per heavy atom. The molecule has 0 amide bonds. The van der Waals surface area contributed by atoms with Gasteiger partial charge in [-0.1, -0.05) is 5.21 Å². The van der Waals surface area contributed by atoms with E-state index in [-0.39, 0.29) is 0 Å². The topological polar surface area (TPSA) is 119 Å². The summed E-state index contributed by atoms with van der Waals surface area (Å²) in [5.74, 6) is -1.09. The minimum absolute atomic E-state index is 0.357. The lowest BCUT2D eigenvalue weighted by Gasteiger charge is -2.03. The zero-order chi connectivity index (χ0) is 13.0. The molecule has 1 atom stereocenters. The fraction of sp³-hybridized carbons (Fsp3) is 0.333. The molecule has 96 valence electrons. The van der Waals surface area contributed by atoms with E-state index in [0.717, 1.165) is 0 Å². The third-order valence-corrected chi connectivity index (χ3v) is 3.01. The zero-order valence-electron chi connectivity index (χ0n) is 9.35. The van der Waals surface area contributed by atoms with Crippen LogP contribution in [0.1, 0.15) is 11.7 Å². The smallest absolute Gasteiger partial charge is 0.326 e. The number of rotatable bonds is 6. The number of aliphatic carboxylic acids is 1.